The van der Waals surface area contributed by atoms with E-state index >= 15 is 0 Å². The molecule has 4 nitrogen and oxygen atoms in total. The quantitative estimate of drug-likeness (QED) is 0.591. The number of benzene rings is 3. The van der Waals surface area contributed by atoms with Crippen molar-refractivity contribution < 1.29 is 23.8 Å². The predicted molar refractivity (Wildman–Crippen MR) is 105 cm³/mol. The van der Waals surface area contributed by atoms with Crippen LogP contribution in [0.2, 0.25) is 0 Å². The first-order valence-corrected chi connectivity index (χ1v) is 8.91. The second-order valence-electron chi connectivity index (χ2n) is 6.37. The first kappa shape index (κ1) is 19.4. The molecule has 0 aliphatic carbocycles. The molecule has 144 valence electrons. The number of hydrogen-bond acceptors (Lipinski definition) is 3. The summed E-state index contributed by atoms with van der Waals surface area (Å²) in [5.41, 5.74) is 3.17. The minimum absolute atomic E-state index is 0.112. The monoisotopic (exact) mass is 380 g/mol. The van der Waals surface area contributed by atoms with E-state index < -0.39 is 5.97 Å². The lowest BCUT2D eigenvalue weighted by Crippen LogP contribution is -1.98. The average Bonchev–Trinajstić information content (AvgIpc) is 2.72. The van der Waals surface area contributed by atoms with Gasteiger partial charge in [-0.05, 0) is 53.4 Å². The van der Waals surface area contributed by atoms with Crippen LogP contribution in [0.3, 0.4) is 0 Å². The van der Waals surface area contributed by atoms with E-state index in [1.54, 1.807) is 19.2 Å². The Morgan fingerprint density at radius 1 is 0.929 bits per heavy atom. The summed E-state index contributed by atoms with van der Waals surface area (Å²) >= 11 is 0. The van der Waals surface area contributed by atoms with E-state index in [0.29, 0.717) is 30.1 Å². The number of halogens is 1. The van der Waals surface area contributed by atoms with E-state index in [-0.39, 0.29) is 12.2 Å². The first-order valence-electron chi connectivity index (χ1n) is 8.91. The molecule has 3 aromatic carbocycles. The lowest BCUT2D eigenvalue weighted by Gasteiger charge is -2.09. The number of methoxy groups -OCH3 is 1. The summed E-state index contributed by atoms with van der Waals surface area (Å²) in [4.78, 5) is 10.6. The summed E-state index contributed by atoms with van der Waals surface area (Å²) in [6.07, 6.45) is 0.609. The fourth-order valence-electron chi connectivity index (χ4n) is 2.80. The van der Waals surface area contributed by atoms with Crippen LogP contribution in [0.4, 0.5) is 4.39 Å². The first-order chi connectivity index (χ1) is 13.5. The Kier molecular flexibility index (Phi) is 6.27. The molecule has 1 N–H and O–H groups in total. The van der Waals surface area contributed by atoms with Gasteiger partial charge in [0, 0.05) is 12.0 Å². The van der Waals surface area contributed by atoms with E-state index in [1.807, 2.05) is 48.5 Å². The Balaban J connectivity index is 1.61. The lowest BCUT2D eigenvalue weighted by molar-refractivity contribution is -0.136. The molecule has 28 heavy (non-hydrogen) atoms. The van der Waals surface area contributed by atoms with Gasteiger partial charge in [-0.15, -0.1) is 0 Å². The summed E-state index contributed by atoms with van der Waals surface area (Å²) in [7, 11) is 1.55. The molecule has 0 atom stereocenters. The van der Waals surface area contributed by atoms with Crippen molar-refractivity contribution in [3.8, 4) is 22.6 Å². The molecule has 3 aromatic rings. The van der Waals surface area contributed by atoms with Crippen LogP contribution in [0, 0.1) is 5.82 Å². The number of carboxylic acids is 1. The molecule has 0 saturated heterocycles. The molecule has 0 aliphatic rings. The second kappa shape index (κ2) is 9.04. The van der Waals surface area contributed by atoms with Crippen molar-refractivity contribution in [1.82, 2.24) is 0 Å². The van der Waals surface area contributed by atoms with Crippen LogP contribution in [-0.4, -0.2) is 18.2 Å². The van der Waals surface area contributed by atoms with Crippen molar-refractivity contribution in [3.63, 3.8) is 0 Å². The third-order valence-corrected chi connectivity index (χ3v) is 4.39. The fourth-order valence-corrected chi connectivity index (χ4v) is 2.80. The molecular formula is C23H21FO4. The lowest BCUT2D eigenvalue weighted by atomic mass is 10.0. The van der Waals surface area contributed by atoms with Gasteiger partial charge in [-0.1, -0.05) is 36.4 Å². The summed E-state index contributed by atoms with van der Waals surface area (Å²) in [6, 6.07) is 19.6. The van der Waals surface area contributed by atoms with Gasteiger partial charge >= 0.3 is 5.97 Å². The van der Waals surface area contributed by atoms with Gasteiger partial charge in [-0.3, -0.25) is 4.79 Å². The van der Waals surface area contributed by atoms with Gasteiger partial charge in [0.15, 0.2) is 0 Å². The number of carboxylic acid groups (broad SMARTS) is 1. The molecule has 0 fully saturated rings. The number of rotatable bonds is 8. The number of ether oxygens (including phenoxy) is 2. The summed E-state index contributed by atoms with van der Waals surface area (Å²) in [5, 5.41) is 8.72. The zero-order valence-corrected chi connectivity index (χ0v) is 15.5. The molecule has 0 unspecified atom stereocenters. The third-order valence-electron chi connectivity index (χ3n) is 4.39. The van der Waals surface area contributed by atoms with Gasteiger partial charge < -0.3 is 14.6 Å². The molecular weight excluding hydrogens is 359 g/mol. The van der Waals surface area contributed by atoms with E-state index in [9.17, 15) is 9.18 Å². The largest absolute Gasteiger partial charge is 0.497 e. The van der Waals surface area contributed by atoms with E-state index in [4.69, 9.17) is 14.6 Å². The van der Waals surface area contributed by atoms with Gasteiger partial charge in [-0.2, -0.15) is 0 Å². The smallest absolute Gasteiger partial charge is 0.303 e. The highest BCUT2D eigenvalue weighted by atomic mass is 19.1. The molecule has 0 bridgehead atoms. The van der Waals surface area contributed by atoms with Gasteiger partial charge in [0.2, 0.25) is 0 Å². The molecule has 5 heteroatoms. The highest BCUT2D eigenvalue weighted by Gasteiger charge is 2.07. The minimum atomic E-state index is -0.808. The molecule has 0 radical (unpaired) electrons. The fraction of sp³-hybridized carbons (Fsp3) is 0.174. The number of aryl methyl sites for hydroxylation is 1. The Labute approximate surface area is 163 Å². The van der Waals surface area contributed by atoms with Gasteiger partial charge in [-0.25, -0.2) is 4.39 Å². The Hall–Kier alpha value is -3.34. The molecule has 0 aromatic heterocycles. The molecule has 3 rings (SSSR count). The predicted octanol–water partition coefficient (Wildman–Crippen LogP) is 5.10. The van der Waals surface area contributed by atoms with Crippen molar-refractivity contribution in [2.45, 2.75) is 19.4 Å². The van der Waals surface area contributed by atoms with Crippen molar-refractivity contribution in [2.75, 3.05) is 7.11 Å². The maximum absolute atomic E-state index is 14.1. The van der Waals surface area contributed by atoms with Crippen LogP contribution in [-0.2, 0) is 17.8 Å². The second-order valence-corrected chi connectivity index (χ2v) is 6.37. The van der Waals surface area contributed by atoms with Gasteiger partial charge in [0.25, 0.3) is 0 Å². The molecule has 0 aliphatic heterocycles. The van der Waals surface area contributed by atoms with Crippen LogP contribution in [0.15, 0.2) is 66.7 Å². The van der Waals surface area contributed by atoms with Crippen LogP contribution in [0.25, 0.3) is 11.1 Å². The molecule has 0 spiro atoms. The van der Waals surface area contributed by atoms with Gasteiger partial charge in [0.05, 0.1) is 7.11 Å². The maximum atomic E-state index is 14.1. The van der Waals surface area contributed by atoms with Crippen LogP contribution >= 0.6 is 0 Å². The van der Waals surface area contributed by atoms with Gasteiger partial charge in [0.1, 0.15) is 23.9 Å². The highest BCUT2D eigenvalue weighted by molar-refractivity contribution is 5.67. The summed E-state index contributed by atoms with van der Waals surface area (Å²) < 4.78 is 25.0. The molecule has 0 amide bonds. The van der Waals surface area contributed by atoms with Crippen molar-refractivity contribution in [1.29, 1.82) is 0 Å². The standard InChI is InChI=1S/C23H21FO4/c1-27-20-11-12-22(24)21(14-20)18-7-2-17(3-8-18)15-28-19-9-4-16(5-10-19)6-13-23(25)26/h2-5,7-12,14H,6,13,15H2,1H3,(H,25,26). The van der Waals surface area contributed by atoms with Crippen LogP contribution in [0.1, 0.15) is 17.5 Å². The topological polar surface area (TPSA) is 55.8 Å². The minimum Gasteiger partial charge on any atom is -0.497 e. The van der Waals surface area contributed by atoms with Crippen LogP contribution in [0.5, 0.6) is 11.5 Å². The number of aliphatic carboxylic acids is 1. The zero-order valence-electron chi connectivity index (χ0n) is 15.5. The van der Waals surface area contributed by atoms with E-state index in [2.05, 4.69) is 0 Å². The van der Waals surface area contributed by atoms with Crippen LogP contribution < -0.4 is 9.47 Å². The average molecular weight is 380 g/mol. The normalized spacial score (nSPS) is 10.5. The Morgan fingerprint density at radius 2 is 1.57 bits per heavy atom. The zero-order chi connectivity index (χ0) is 19.9. The van der Waals surface area contributed by atoms with Crippen molar-refractivity contribution in [3.05, 3.63) is 83.7 Å². The maximum Gasteiger partial charge on any atom is 0.303 e. The SMILES string of the molecule is COc1ccc(F)c(-c2ccc(COc3ccc(CCC(=O)O)cc3)cc2)c1. The Bertz CT molecular complexity index is 934. The van der Waals surface area contributed by atoms with E-state index in [1.165, 1.54) is 6.07 Å². The number of carbonyl (C=O) groups is 1. The number of hydrogen-bond donors (Lipinski definition) is 1. The summed E-state index contributed by atoms with van der Waals surface area (Å²) in [6.45, 7) is 0.384. The third kappa shape index (κ3) is 5.10. The van der Waals surface area contributed by atoms with Crippen molar-refractivity contribution >= 4 is 5.97 Å². The molecule has 0 saturated carbocycles. The highest BCUT2D eigenvalue weighted by Crippen LogP contribution is 2.27. The van der Waals surface area contributed by atoms with Crippen molar-refractivity contribution in [2.24, 2.45) is 0 Å². The Morgan fingerprint density at radius 3 is 2.21 bits per heavy atom. The molecule has 0 heterocycles. The summed E-state index contributed by atoms with van der Waals surface area (Å²) in [5.74, 6) is 0.211. The van der Waals surface area contributed by atoms with E-state index in [0.717, 1.165) is 16.7 Å².